The Morgan fingerprint density at radius 3 is 1.66 bits per heavy atom. The van der Waals surface area contributed by atoms with E-state index < -0.39 is 35.7 Å². The number of benzene rings is 1. The summed E-state index contributed by atoms with van der Waals surface area (Å²) in [5, 5.41) is 47.2. The van der Waals surface area contributed by atoms with Gasteiger partial charge in [-0.2, -0.15) is 10.5 Å². The summed E-state index contributed by atoms with van der Waals surface area (Å²) in [6.45, 7) is 10.1. The minimum atomic E-state index is -1.04. The highest BCUT2D eigenvalue weighted by molar-refractivity contribution is 7.16. The minimum absolute atomic E-state index is 0.00650. The zero-order valence-corrected chi connectivity index (χ0v) is 40.7. The number of carboxylic acids is 2. The monoisotopic (exact) mass is 949 g/mol. The van der Waals surface area contributed by atoms with Gasteiger partial charge in [-0.1, -0.05) is 76.7 Å². The maximum atomic E-state index is 12.5. The highest BCUT2D eigenvalue weighted by Gasteiger charge is 2.22. The number of nitrogens with zero attached hydrogens (tertiary/aromatic N) is 5. The van der Waals surface area contributed by atoms with Crippen molar-refractivity contribution < 1.29 is 53.1 Å². The van der Waals surface area contributed by atoms with Crippen LogP contribution in [-0.4, -0.2) is 100 Å². The van der Waals surface area contributed by atoms with E-state index in [-0.39, 0.29) is 71.9 Å². The summed E-state index contributed by atoms with van der Waals surface area (Å²) < 4.78 is 27.7. The summed E-state index contributed by atoms with van der Waals surface area (Å²) >= 11 is 1.11. The second-order valence-corrected chi connectivity index (χ2v) is 17.0. The number of thiophene rings is 1. The highest BCUT2D eigenvalue weighted by Crippen LogP contribution is 2.36. The molecule has 0 amide bonds. The van der Waals surface area contributed by atoms with Crippen molar-refractivity contribution >= 4 is 51.6 Å². The Morgan fingerprint density at radius 1 is 0.687 bits per heavy atom. The van der Waals surface area contributed by atoms with Crippen LogP contribution in [0.1, 0.15) is 125 Å². The molecule has 1 aromatic heterocycles. The maximum absolute atomic E-state index is 12.5. The average molecular weight is 950 g/mol. The number of carboxylic acid groups (broad SMARTS) is 2. The maximum Gasteiger partial charge on any atom is 0.307 e. The van der Waals surface area contributed by atoms with Gasteiger partial charge in [0.1, 0.15) is 30.2 Å². The lowest BCUT2D eigenvalue weighted by Gasteiger charge is -2.25. The van der Waals surface area contributed by atoms with Crippen LogP contribution in [0.4, 0.5) is 16.4 Å². The number of aryl methyl sites for hydroxylation is 1. The molecule has 1 heterocycles. The molecule has 0 aliphatic carbocycles. The molecule has 17 heteroatoms. The van der Waals surface area contributed by atoms with E-state index in [0.717, 1.165) is 74.0 Å². The van der Waals surface area contributed by atoms with Crippen molar-refractivity contribution in [1.29, 1.82) is 10.5 Å². The van der Waals surface area contributed by atoms with Crippen molar-refractivity contribution in [3.63, 3.8) is 0 Å². The van der Waals surface area contributed by atoms with Gasteiger partial charge in [0.2, 0.25) is 0 Å². The van der Waals surface area contributed by atoms with Gasteiger partial charge in [-0.3, -0.25) is 19.2 Å². The third-order valence-electron chi connectivity index (χ3n) is 10.6. The van der Waals surface area contributed by atoms with E-state index in [1.807, 2.05) is 49.4 Å². The molecule has 2 unspecified atom stereocenters. The van der Waals surface area contributed by atoms with Crippen molar-refractivity contribution in [2.75, 3.05) is 70.8 Å². The van der Waals surface area contributed by atoms with Crippen LogP contribution in [-0.2, 0) is 42.9 Å². The molecule has 1 aromatic carbocycles. The molecular formula is C50H71N5O11S. The smallest absolute Gasteiger partial charge is 0.307 e. The third kappa shape index (κ3) is 24.8. The standard InChI is InChI=1S/C50H71N5O11S/c1-5-7-9-11-13-15-17-19-40(49(58)59)34-46(56)65-31-29-63-26-24-55(42-21-22-44(38(3)33-42)53-54-48-43(36-51)39(4)45(37-52)67-48)23-25-62-27-28-64-30-32-66-47(57)35-41(50(60)61)20-18-16-14-12-10-8-6-2/h15-18,21-22,33,40-41H,5-14,19-20,23-32,34-35H2,1-4H3,(H,58,59)(H,60,61)/b17-15+,18-16+,54-53+. The fourth-order valence-corrected chi connectivity index (χ4v) is 7.50. The summed E-state index contributed by atoms with van der Waals surface area (Å²) in [6, 6.07) is 9.83. The molecule has 0 bridgehead atoms. The molecule has 2 rings (SSSR count). The lowest BCUT2D eigenvalue weighted by molar-refractivity contribution is -0.152. The van der Waals surface area contributed by atoms with E-state index in [4.69, 9.17) is 23.7 Å². The van der Waals surface area contributed by atoms with Gasteiger partial charge in [0, 0.05) is 18.8 Å². The summed E-state index contributed by atoms with van der Waals surface area (Å²) in [5.41, 5.74) is 3.15. The Labute approximate surface area is 400 Å². The molecular weight excluding hydrogens is 879 g/mol. The number of nitriles is 2. The first-order valence-electron chi connectivity index (χ1n) is 23.5. The van der Waals surface area contributed by atoms with Gasteiger partial charge in [-0.25, -0.2) is 0 Å². The molecule has 0 saturated heterocycles. The summed E-state index contributed by atoms with van der Waals surface area (Å²) in [4.78, 5) is 50.6. The van der Waals surface area contributed by atoms with Gasteiger partial charge < -0.3 is 38.8 Å². The van der Waals surface area contributed by atoms with E-state index in [2.05, 4.69) is 41.1 Å². The Balaban J connectivity index is 1.88. The predicted octanol–water partition coefficient (Wildman–Crippen LogP) is 10.5. The molecule has 2 aromatic rings. The lowest BCUT2D eigenvalue weighted by Crippen LogP contribution is -2.31. The number of carbonyl (C=O) groups excluding carboxylic acids is 2. The lowest BCUT2D eigenvalue weighted by atomic mass is 10.0. The van der Waals surface area contributed by atoms with Crippen LogP contribution in [0.3, 0.4) is 0 Å². The molecule has 0 spiro atoms. The van der Waals surface area contributed by atoms with Gasteiger partial charge >= 0.3 is 23.9 Å². The molecule has 0 saturated carbocycles. The predicted molar refractivity (Wildman–Crippen MR) is 257 cm³/mol. The van der Waals surface area contributed by atoms with Crippen LogP contribution in [0.5, 0.6) is 0 Å². The minimum Gasteiger partial charge on any atom is -0.481 e. The molecule has 2 atom stereocenters. The van der Waals surface area contributed by atoms with Crippen molar-refractivity contribution in [1.82, 2.24) is 0 Å². The number of hydrogen-bond acceptors (Lipinski definition) is 15. The molecule has 368 valence electrons. The number of aliphatic carboxylic acids is 2. The number of hydrogen-bond donors (Lipinski definition) is 2. The van der Waals surface area contributed by atoms with Crippen molar-refractivity contribution in [3.8, 4) is 12.1 Å². The van der Waals surface area contributed by atoms with E-state index in [9.17, 15) is 39.9 Å². The van der Waals surface area contributed by atoms with Gasteiger partial charge in [-0.15, -0.1) is 21.6 Å². The van der Waals surface area contributed by atoms with Crippen molar-refractivity contribution in [3.05, 3.63) is 64.1 Å². The van der Waals surface area contributed by atoms with E-state index in [1.165, 1.54) is 12.8 Å². The molecule has 2 N–H and O–H groups in total. The fourth-order valence-electron chi connectivity index (χ4n) is 6.62. The Kier molecular flexibility index (Phi) is 30.7. The largest absolute Gasteiger partial charge is 0.481 e. The number of ether oxygens (including phenoxy) is 5. The number of anilines is 1. The zero-order valence-electron chi connectivity index (χ0n) is 39.9. The van der Waals surface area contributed by atoms with Crippen LogP contribution in [0, 0.1) is 48.3 Å². The quantitative estimate of drug-likeness (QED) is 0.0276. The molecule has 0 aliphatic heterocycles. The third-order valence-corrected chi connectivity index (χ3v) is 11.7. The number of esters is 2. The van der Waals surface area contributed by atoms with Crippen LogP contribution in [0.25, 0.3) is 0 Å². The highest BCUT2D eigenvalue weighted by atomic mass is 32.1. The summed E-state index contributed by atoms with van der Waals surface area (Å²) in [7, 11) is 0. The van der Waals surface area contributed by atoms with Crippen LogP contribution >= 0.6 is 11.3 Å². The number of azo groups is 1. The Hall–Kier alpha value is -5.46. The number of allylic oxidation sites excluding steroid dienone is 4. The SMILES string of the molecule is CCCCCC/C=C/CC(CC(=O)OCCOCCOCCN(CCOCCOC(=O)CC(C/C=C/CCCCCC)C(=O)O)c1ccc(/N=N/c2sc(C#N)c(C)c2C#N)c(C)c1)C(=O)O. The average Bonchev–Trinajstić information content (AvgIpc) is 3.62. The summed E-state index contributed by atoms with van der Waals surface area (Å²) in [5.74, 6) is -4.96. The van der Waals surface area contributed by atoms with Gasteiger partial charge in [-0.05, 0) is 81.7 Å². The van der Waals surface area contributed by atoms with Crippen LogP contribution in [0.15, 0.2) is 52.7 Å². The second kappa shape index (κ2) is 35.7. The normalized spacial score (nSPS) is 12.3. The number of rotatable bonds is 38. The van der Waals surface area contributed by atoms with Crippen LogP contribution < -0.4 is 4.90 Å². The van der Waals surface area contributed by atoms with E-state index >= 15 is 0 Å². The van der Waals surface area contributed by atoms with Crippen molar-refractivity contribution in [2.24, 2.45) is 22.1 Å². The fraction of sp³-hybridized carbons (Fsp3) is 0.600. The first-order valence-corrected chi connectivity index (χ1v) is 24.3. The van der Waals surface area contributed by atoms with Gasteiger partial charge in [0.05, 0.1) is 75.6 Å². The summed E-state index contributed by atoms with van der Waals surface area (Å²) in [6.07, 6.45) is 18.5. The van der Waals surface area contributed by atoms with Gasteiger partial charge in [0.25, 0.3) is 0 Å². The second-order valence-electron chi connectivity index (χ2n) is 16.0. The Bertz CT molecular complexity index is 1970. The van der Waals surface area contributed by atoms with E-state index in [0.29, 0.717) is 46.4 Å². The number of unbranched alkanes of at least 4 members (excludes halogenated alkanes) is 8. The first-order chi connectivity index (χ1) is 32.4. The van der Waals surface area contributed by atoms with Crippen LogP contribution in [0.2, 0.25) is 0 Å². The first kappa shape index (κ1) is 57.7. The van der Waals surface area contributed by atoms with E-state index in [1.54, 1.807) is 6.92 Å². The molecule has 67 heavy (non-hydrogen) atoms. The Morgan fingerprint density at radius 2 is 1.19 bits per heavy atom. The molecule has 16 nitrogen and oxygen atoms in total. The molecule has 0 radical (unpaired) electrons. The van der Waals surface area contributed by atoms with Gasteiger partial charge in [0.15, 0.2) is 5.00 Å². The zero-order chi connectivity index (χ0) is 49.1. The topological polar surface area (TPSA) is 230 Å². The number of carbonyl (C=O) groups is 4. The van der Waals surface area contributed by atoms with Crippen molar-refractivity contribution in [2.45, 2.75) is 118 Å². The molecule has 0 aliphatic rings. The molecule has 0 fully saturated rings.